The highest BCUT2D eigenvalue weighted by Crippen LogP contribution is 2.21. The molecular weight excluding hydrogens is 392 g/mol. The van der Waals surface area contributed by atoms with Crippen LogP contribution in [0.4, 0.5) is 5.69 Å². The van der Waals surface area contributed by atoms with E-state index in [9.17, 15) is 0 Å². The Balaban J connectivity index is 1.23. The molecule has 0 unspecified atom stereocenters. The van der Waals surface area contributed by atoms with Crippen LogP contribution in [0, 0.1) is 13.8 Å². The van der Waals surface area contributed by atoms with Gasteiger partial charge in [-0.15, -0.1) is 0 Å². The Labute approximate surface area is 193 Å². The number of hydrogen-bond donors (Lipinski definition) is 0. The van der Waals surface area contributed by atoms with Gasteiger partial charge in [0.05, 0.1) is 11.4 Å². The van der Waals surface area contributed by atoms with Crippen molar-refractivity contribution in [2.75, 3.05) is 37.6 Å². The molecule has 4 nitrogen and oxygen atoms in total. The van der Waals surface area contributed by atoms with Crippen molar-refractivity contribution in [1.82, 2.24) is 14.7 Å². The van der Waals surface area contributed by atoms with Crippen LogP contribution in [0.1, 0.15) is 48.7 Å². The van der Waals surface area contributed by atoms with Crippen molar-refractivity contribution >= 4 is 5.69 Å². The van der Waals surface area contributed by atoms with E-state index in [0.717, 1.165) is 45.4 Å². The van der Waals surface area contributed by atoms with Crippen molar-refractivity contribution in [3.63, 3.8) is 0 Å². The van der Waals surface area contributed by atoms with Gasteiger partial charge in [0, 0.05) is 37.6 Å². The zero-order chi connectivity index (χ0) is 22.3. The number of anilines is 1. The summed E-state index contributed by atoms with van der Waals surface area (Å²) < 4.78 is 2.14. The molecule has 0 bridgehead atoms. The fraction of sp³-hybridized carbons (Fsp3) is 0.464. The van der Waals surface area contributed by atoms with Crippen LogP contribution in [0.25, 0.3) is 5.69 Å². The molecular formula is C28H38N4. The molecule has 2 aromatic carbocycles. The van der Waals surface area contributed by atoms with Crippen molar-refractivity contribution in [1.29, 1.82) is 0 Å². The predicted octanol–water partition coefficient (Wildman–Crippen LogP) is 5.59. The smallest absolute Gasteiger partial charge is 0.0648 e. The number of piperazine rings is 1. The number of unbranched alkanes of at least 4 members (excludes halogenated alkanes) is 1. The molecule has 1 aromatic heterocycles. The molecule has 0 saturated carbocycles. The van der Waals surface area contributed by atoms with E-state index in [1.165, 1.54) is 53.3 Å². The Morgan fingerprint density at radius 1 is 0.781 bits per heavy atom. The number of benzene rings is 2. The third-order valence-corrected chi connectivity index (χ3v) is 6.73. The van der Waals surface area contributed by atoms with Gasteiger partial charge in [0.2, 0.25) is 0 Å². The fourth-order valence-electron chi connectivity index (χ4n) is 4.62. The lowest BCUT2D eigenvalue weighted by Gasteiger charge is -2.36. The number of hydrogen-bond acceptors (Lipinski definition) is 3. The van der Waals surface area contributed by atoms with Crippen molar-refractivity contribution in [3.8, 4) is 5.69 Å². The van der Waals surface area contributed by atoms with Crippen LogP contribution in [0.2, 0.25) is 0 Å². The molecule has 4 rings (SSSR count). The number of aryl methyl sites for hydroxylation is 4. The summed E-state index contributed by atoms with van der Waals surface area (Å²) in [6.45, 7) is 12.4. The van der Waals surface area contributed by atoms with E-state index in [-0.39, 0.29) is 0 Å². The van der Waals surface area contributed by atoms with Gasteiger partial charge in [-0.2, -0.15) is 5.10 Å². The maximum absolute atomic E-state index is 4.94. The first-order valence-corrected chi connectivity index (χ1v) is 12.3. The lowest BCUT2D eigenvalue weighted by atomic mass is 10.1. The molecule has 0 atom stereocenters. The standard InChI is InChI=1S/C28H38N4/c1-4-10-28-22-25(29-32(28)26-12-6-5-7-13-26)11-8-9-16-30-17-19-31(20-18-30)27-15-14-23(2)24(3)21-27/h5-7,12-15,21-22H,4,8-11,16-20H2,1-3H3. The summed E-state index contributed by atoms with van der Waals surface area (Å²) in [6.07, 6.45) is 5.73. The largest absolute Gasteiger partial charge is 0.369 e. The Morgan fingerprint density at radius 3 is 2.28 bits per heavy atom. The van der Waals surface area contributed by atoms with Gasteiger partial charge in [0.25, 0.3) is 0 Å². The van der Waals surface area contributed by atoms with Crippen LogP contribution in [-0.4, -0.2) is 47.4 Å². The molecule has 0 spiro atoms. The average Bonchev–Trinajstić information content (AvgIpc) is 3.22. The third-order valence-electron chi connectivity index (χ3n) is 6.73. The van der Waals surface area contributed by atoms with Crippen LogP contribution >= 0.6 is 0 Å². The Morgan fingerprint density at radius 2 is 1.56 bits per heavy atom. The van der Waals surface area contributed by atoms with Crippen LogP contribution < -0.4 is 4.90 Å². The van der Waals surface area contributed by atoms with Crippen molar-refractivity contribution < 1.29 is 0 Å². The summed E-state index contributed by atoms with van der Waals surface area (Å²) in [6, 6.07) is 19.7. The molecule has 1 fully saturated rings. The number of para-hydroxylation sites is 1. The highest BCUT2D eigenvalue weighted by molar-refractivity contribution is 5.51. The Kier molecular flexibility index (Phi) is 7.64. The fourth-order valence-corrected chi connectivity index (χ4v) is 4.62. The minimum absolute atomic E-state index is 1.07. The van der Waals surface area contributed by atoms with E-state index in [1.807, 2.05) is 0 Å². The second kappa shape index (κ2) is 10.8. The molecule has 0 radical (unpaired) electrons. The van der Waals surface area contributed by atoms with Crippen LogP contribution in [0.3, 0.4) is 0 Å². The van der Waals surface area contributed by atoms with E-state index >= 15 is 0 Å². The molecule has 2 heterocycles. The highest BCUT2D eigenvalue weighted by atomic mass is 15.3. The topological polar surface area (TPSA) is 24.3 Å². The van der Waals surface area contributed by atoms with Gasteiger partial charge >= 0.3 is 0 Å². The van der Waals surface area contributed by atoms with Crippen LogP contribution in [-0.2, 0) is 12.8 Å². The molecule has 3 aromatic rings. The summed E-state index contributed by atoms with van der Waals surface area (Å²) in [5.41, 5.74) is 7.88. The zero-order valence-corrected chi connectivity index (χ0v) is 20.1. The second-order valence-electron chi connectivity index (χ2n) is 9.18. The number of aromatic nitrogens is 2. The second-order valence-corrected chi connectivity index (χ2v) is 9.18. The summed E-state index contributed by atoms with van der Waals surface area (Å²) in [5, 5.41) is 4.94. The van der Waals surface area contributed by atoms with E-state index in [4.69, 9.17) is 5.10 Å². The van der Waals surface area contributed by atoms with Gasteiger partial charge in [-0.25, -0.2) is 4.68 Å². The predicted molar refractivity (Wildman–Crippen MR) is 135 cm³/mol. The van der Waals surface area contributed by atoms with E-state index in [0.29, 0.717) is 0 Å². The van der Waals surface area contributed by atoms with E-state index in [2.05, 4.69) is 89.9 Å². The maximum atomic E-state index is 4.94. The van der Waals surface area contributed by atoms with Crippen LogP contribution in [0.5, 0.6) is 0 Å². The summed E-state index contributed by atoms with van der Waals surface area (Å²) in [7, 11) is 0. The number of rotatable bonds is 9. The zero-order valence-electron chi connectivity index (χ0n) is 20.1. The molecule has 1 aliphatic rings. The lowest BCUT2D eigenvalue weighted by molar-refractivity contribution is 0.253. The average molecular weight is 431 g/mol. The van der Waals surface area contributed by atoms with Gasteiger partial charge in [0.1, 0.15) is 0 Å². The molecule has 0 aliphatic carbocycles. The van der Waals surface area contributed by atoms with Gasteiger partial charge in [0.15, 0.2) is 0 Å². The SMILES string of the molecule is CCCc1cc(CCCCN2CCN(c3ccc(C)c(C)c3)CC2)nn1-c1ccccc1. The van der Waals surface area contributed by atoms with Crippen molar-refractivity contribution in [2.45, 2.75) is 52.9 Å². The Bertz CT molecular complexity index is 984. The third kappa shape index (κ3) is 5.60. The monoisotopic (exact) mass is 430 g/mol. The first-order chi connectivity index (χ1) is 15.6. The molecule has 170 valence electrons. The molecule has 1 aliphatic heterocycles. The molecule has 1 saturated heterocycles. The minimum atomic E-state index is 1.07. The first kappa shape index (κ1) is 22.6. The Hall–Kier alpha value is -2.59. The molecule has 0 N–H and O–H groups in total. The summed E-state index contributed by atoms with van der Waals surface area (Å²) in [5.74, 6) is 0. The van der Waals surface area contributed by atoms with Gasteiger partial charge in [-0.05, 0) is 87.5 Å². The maximum Gasteiger partial charge on any atom is 0.0648 e. The van der Waals surface area contributed by atoms with Crippen LogP contribution in [0.15, 0.2) is 54.6 Å². The minimum Gasteiger partial charge on any atom is -0.369 e. The van der Waals surface area contributed by atoms with Gasteiger partial charge in [-0.3, -0.25) is 4.90 Å². The van der Waals surface area contributed by atoms with Crippen molar-refractivity contribution in [3.05, 3.63) is 77.1 Å². The molecule has 32 heavy (non-hydrogen) atoms. The highest BCUT2D eigenvalue weighted by Gasteiger charge is 2.17. The first-order valence-electron chi connectivity index (χ1n) is 12.3. The van der Waals surface area contributed by atoms with Gasteiger partial charge in [-0.1, -0.05) is 37.6 Å². The van der Waals surface area contributed by atoms with E-state index in [1.54, 1.807) is 0 Å². The van der Waals surface area contributed by atoms with Gasteiger partial charge < -0.3 is 4.90 Å². The van der Waals surface area contributed by atoms with Crippen molar-refractivity contribution in [2.24, 2.45) is 0 Å². The molecule has 0 amide bonds. The quantitative estimate of drug-likeness (QED) is 0.414. The lowest BCUT2D eigenvalue weighted by Crippen LogP contribution is -2.46. The number of nitrogens with zero attached hydrogens (tertiary/aromatic N) is 4. The normalized spacial score (nSPS) is 14.8. The summed E-state index contributed by atoms with van der Waals surface area (Å²) >= 11 is 0. The summed E-state index contributed by atoms with van der Waals surface area (Å²) in [4.78, 5) is 5.16. The van der Waals surface area contributed by atoms with E-state index < -0.39 is 0 Å². The molecule has 4 heteroatoms.